The molecular weight excluding hydrogens is 200 g/mol. The Labute approximate surface area is 88.0 Å². The lowest BCUT2D eigenvalue weighted by atomic mass is 10.3. The maximum atomic E-state index is 10.3. The van der Waals surface area contributed by atoms with Crippen LogP contribution in [0.5, 0.6) is 0 Å². The van der Waals surface area contributed by atoms with Gasteiger partial charge in [0.1, 0.15) is 12.2 Å². The molecule has 0 aromatic heterocycles. The summed E-state index contributed by atoms with van der Waals surface area (Å²) in [5.74, 6) is -1.70. The third kappa shape index (κ3) is 14.9. The van der Waals surface area contributed by atoms with Gasteiger partial charge in [-0.3, -0.25) is 9.59 Å². The van der Waals surface area contributed by atoms with Crippen LogP contribution >= 0.6 is 0 Å². The van der Waals surface area contributed by atoms with E-state index in [-0.39, 0.29) is 17.8 Å². The predicted molar refractivity (Wildman–Crippen MR) is 54.0 cm³/mol. The maximum absolute atomic E-state index is 10.3. The molecule has 0 aromatic rings. The van der Waals surface area contributed by atoms with E-state index in [2.05, 4.69) is 17.9 Å². The Morgan fingerprint density at radius 2 is 1.73 bits per heavy atom. The van der Waals surface area contributed by atoms with E-state index < -0.39 is 11.9 Å². The van der Waals surface area contributed by atoms with Gasteiger partial charge in [-0.2, -0.15) is 0 Å². The van der Waals surface area contributed by atoms with Crippen LogP contribution in [0.15, 0.2) is 25.0 Å². The smallest absolute Gasteiger partial charge is 0.330 e. The second-order valence-electron chi connectivity index (χ2n) is 2.62. The van der Waals surface area contributed by atoms with E-state index in [0.29, 0.717) is 0 Å². The molecule has 0 amide bonds. The first-order valence-corrected chi connectivity index (χ1v) is 3.99. The SMILES string of the molecule is C=C(C)C(=O)O.C=COC(=O)CC(C)=O. The highest BCUT2D eigenvalue weighted by Crippen LogP contribution is 1.86. The number of rotatable bonds is 4. The van der Waals surface area contributed by atoms with Crippen LogP contribution in [-0.2, 0) is 19.1 Å². The Balaban J connectivity index is 0. The van der Waals surface area contributed by atoms with Gasteiger partial charge in [0.15, 0.2) is 0 Å². The van der Waals surface area contributed by atoms with Gasteiger partial charge in [-0.1, -0.05) is 13.2 Å². The number of carboxylic acid groups (broad SMARTS) is 1. The van der Waals surface area contributed by atoms with E-state index in [1.54, 1.807) is 0 Å². The number of ether oxygens (including phenoxy) is 1. The molecule has 0 unspecified atom stereocenters. The second-order valence-corrected chi connectivity index (χ2v) is 2.62. The largest absolute Gasteiger partial charge is 0.478 e. The van der Waals surface area contributed by atoms with Crippen LogP contribution in [0.4, 0.5) is 0 Å². The number of Topliss-reactive ketones (excluding diaryl/α,β-unsaturated/α-hetero) is 1. The summed E-state index contributed by atoms with van der Waals surface area (Å²) in [4.78, 5) is 30.1. The van der Waals surface area contributed by atoms with Crippen LogP contribution in [0.2, 0.25) is 0 Å². The zero-order valence-corrected chi connectivity index (χ0v) is 8.78. The topological polar surface area (TPSA) is 80.7 Å². The Morgan fingerprint density at radius 1 is 1.33 bits per heavy atom. The highest BCUT2D eigenvalue weighted by molar-refractivity contribution is 5.94. The molecule has 0 aliphatic rings. The van der Waals surface area contributed by atoms with Gasteiger partial charge < -0.3 is 9.84 Å². The van der Waals surface area contributed by atoms with Crippen molar-refractivity contribution < 1.29 is 24.2 Å². The van der Waals surface area contributed by atoms with E-state index in [1.165, 1.54) is 13.8 Å². The van der Waals surface area contributed by atoms with E-state index in [9.17, 15) is 14.4 Å². The molecule has 0 aliphatic carbocycles. The van der Waals surface area contributed by atoms with E-state index in [4.69, 9.17) is 5.11 Å². The molecule has 0 radical (unpaired) electrons. The molecule has 0 saturated heterocycles. The molecule has 0 heterocycles. The van der Waals surface area contributed by atoms with Gasteiger partial charge in [0.05, 0.1) is 6.26 Å². The van der Waals surface area contributed by atoms with Crippen molar-refractivity contribution in [3.63, 3.8) is 0 Å². The fourth-order valence-electron chi connectivity index (χ4n) is 0.338. The van der Waals surface area contributed by atoms with E-state index in [1.807, 2.05) is 0 Å². The normalized spacial score (nSPS) is 7.87. The highest BCUT2D eigenvalue weighted by atomic mass is 16.5. The van der Waals surface area contributed by atoms with Crippen molar-refractivity contribution >= 4 is 17.7 Å². The average molecular weight is 214 g/mol. The van der Waals surface area contributed by atoms with E-state index in [0.717, 1.165) is 6.26 Å². The van der Waals surface area contributed by atoms with E-state index >= 15 is 0 Å². The minimum Gasteiger partial charge on any atom is -0.478 e. The highest BCUT2D eigenvalue weighted by Gasteiger charge is 2.02. The van der Waals surface area contributed by atoms with Gasteiger partial charge in [0.2, 0.25) is 0 Å². The Morgan fingerprint density at radius 3 is 1.93 bits per heavy atom. The molecule has 0 spiro atoms. The molecule has 15 heavy (non-hydrogen) atoms. The number of ketones is 1. The fraction of sp³-hybridized carbons (Fsp3) is 0.300. The lowest BCUT2D eigenvalue weighted by Gasteiger charge is -1.92. The van der Waals surface area contributed by atoms with Crippen molar-refractivity contribution in [3.8, 4) is 0 Å². The molecule has 0 aromatic carbocycles. The zero-order chi connectivity index (χ0) is 12.4. The molecule has 0 bridgehead atoms. The summed E-state index contributed by atoms with van der Waals surface area (Å²) in [7, 11) is 0. The molecule has 0 aliphatic heterocycles. The molecular formula is C10H14O5. The quantitative estimate of drug-likeness (QED) is 0.330. The summed E-state index contributed by atoms with van der Waals surface area (Å²) < 4.78 is 4.26. The van der Waals surface area contributed by atoms with Crippen LogP contribution < -0.4 is 0 Å². The summed E-state index contributed by atoms with van der Waals surface area (Å²) in [6.45, 7) is 9.08. The fourth-order valence-corrected chi connectivity index (χ4v) is 0.338. The number of hydrogen-bond acceptors (Lipinski definition) is 4. The van der Waals surface area contributed by atoms with Crippen molar-refractivity contribution in [2.45, 2.75) is 20.3 Å². The lowest BCUT2D eigenvalue weighted by Crippen LogP contribution is -2.04. The number of aliphatic carboxylic acids is 1. The minimum atomic E-state index is -0.935. The number of hydrogen-bond donors (Lipinski definition) is 1. The molecule has 0 saturated carbocycles. The number of esters is 1. The van der Waals surface area contributed by atoms with Crippen LogP contribution in [0.3, 0.4) is 0 Å². The summed E-state index contributed by atoms with van der Waals surface area (Å²) in [6.07, 6.45) is 0.831. The van der Waals surface area contributed by atoms with Crippen molar-refractivity contribution in [3.05, 3.63) is 25.0 Å². The van der Waals surface area contributed by atoms with Crippen molar-refractivity contribution in [1.29, 1.82) is 0 Å². The molecule has 0 atom stereocenters. The monoisotopic (exact) mass is 214 g/mol. The predicted octanol–water partition coefficient (Wildman–Crippen LogP) is 1.30. The molecule has 5 nitrogen and oxygen atoms in total. The Kier molecular flexibility index (Phi) is 9.00. The third-order valence-corrected chi connectivity index (χ3v) is 0.973. The van der Waals surface area contributed by atoms with Gasteiger partial charge >= 0.3 is 11.9 Å². The number of carboxylic acids is 1. The summed E-state index contributed by atoms with van der Waals surface area (Å²) in [6, 6.07) is 0. The first-order chi connectivity index (χ1) is 6.81. The zero-order valence-electron chi connectivity index (χ0n) is 8.78. The third-order valence-electron chi connectivity index (χ3n) is 0.973. The maximum Gasteiger partial charge on any atom is 0.330 e. The lowest BCUT2D eigenvalue weighted by molar-refractivity contribution is -0.140. The minimum absolute atomic E-state index is 0.175. The van der Waals surface area contributed by atoms with Gasteiger partial charge in [-0.25, -0.2) is 4.79 Å². The van der Waals surface area contributed by atoms with Crippen LogP contribution in [0.1, 0.15) is 20.3 Å². The molecule has 0 fully saturated rings. The van der Waals surface area contributed by atoms with Crippen LogP contribution in [-0.4, -0.2) is 22.8 Å². The molecule has 1 N–H and O–H groups in total. The van der Waals surface area contributed by atoms with Crippen LogP contribution in [0, 0.1) is 0 Å². The molecule has 5 heteroatoms. The summed E-state index contributed by atoms with van der Waals surface area (Å²) in [5, 5.41) is 7.89. The second kappa shape index (κ2) is 8.68. The molecule has 84 valence electrons. The standard InChI is InChI=1S/C6H8O3.C4H6O2/c1-3-9-6(8)4-5(2)7;1-3(2)4(5)6/h3H,1,4H2,2H3;1H2,2H3,(H,5,6). The first-order valence-electron chi connectivity index (χ1n) is 3.99. The Hall–Kier alpha value is -1.91. The van der Waals surface area contributed by atoms with Crippen LogP contribution in [0.25, 0.3) is 0 Å². The van der Waals surface area contributed by atoms with Gasteiger partial charge in [-0.15, -0.1) is 0 Å². The molecule has 0 rings (SSSR count). The van der Waals surface area contributed by atoms with Gasteiger partial charge in [0.25, 0.3) is 0 Å². The van der Waals surface area contributed by atoms with Gasteiger partial charge in [0, 0.05) is 5.57 Å². The van der Waals surface area contributed by atoms with Crippen molar-refractivity contribution in [2.75, 3.05) is 0 Å². The van der Waals surface area contributed by atoms with Crippen molar-refractivity contribution in [2.24, 2.45) is 0 Å². The van der Waals surface area contributed by atoms with Gasteiger partial charge in [-0.05, 0) is 13.8 Å². The number of carbonyl (C=O) groups is 3. The Bertz CT molecular complexity index is 266. The summed E-state index contributed by atoms with van der Waals surface area (Å²) >= 11 is 0. The average Bonchev–Trinajstić information content (AvgIpc) is 2.03. The summed E-state index contributed by atoms with van der Waals surface area (Å²) in [5.41, 5.74) is 0.176. The number of carbonyl (C=O) groups excluding carboxylic acids is 2. The van der Waals surface area contributed by atoms with Crippen molar-refractivity contribution in [1.82, 2.24) is 0 Å². The first kappa shape index (κ1) is 15.6.